The summed E-state index contributed by atoms with van der Waals surface area (Å²) in [6.45, 7) is 4.27. The number of carbonyl (C=O) groups is 1. The van der Waals surface area contributed by atoms with Gasteiger partial charge in [-0.25, -0.2) is 4.39 Å². The third-order valence-electron chi connectivity index (χ3n) is 7.24. The van der Waals surface area contributed by atoms with Gasteiger partial charge < -0.3 is 10.5 Å². The second-order valence-corrected chi connectivity index (χ2v) is 10.9. The zero-order chi connectivity index (χ0) is 27.0. The van der Waals surface area contributed by atoms with E-state index in [2.05, 4.69) is 34.7 Å². The Morgan fingerprint density at radius 1 is 1.08 bits per heavy atom. The number of benzene rings is 3. The topological polar surface area (TPSA) is 79.4 Å². The van der Waals surface area contributed by atoms with Gasteiger partial charge >= 0.3 is 0 Å². The summed E-state index contributed by atoms with van der Waals surface area (Å²) in [6, 6.07) is 20.3. The fourth-order valence-corrected chi connectivity index (χ4v) is 5.72. The second kappa shape index (κ2) is 10.6. The van der Waals surface area contributed by atoms with Crippen LogP contribution in [0.15, 0.2) is 83.3 Å². The van der Waals surface area contributed by atoms with E-state index in [9.17, 15) is 14.4 Å². The summed E-state index contributed by atoms with van der Waals surface area (Å²) in [5, 5.41) is 10.4. The van der Waals surface area contributed by atoms with Gasteiger partial charge in [-0.05, 0) is 120 Å². The summed E-state index contributed by atoms with van der Waals surface area (Å²) >= 11 is 2.25. The van der Waals surface area contributed by atoms with E-state index in [0.717, 1.165) is 43.6 Å². The van der Waals surface area contributed by atoms with E-state index in [0.29, 0.717) is 35.6 Å². The molecule has 0 saturated heterocycles. The number of anilines is 1. The van der Waals surface area contributed by atoms with Gasteiger partial charge in [0.25, 0.3) is 0 Å². The maximum atomic E-state index is 13.5. The van der Waals surface area contributed by atoms with Gasteiger partial charge in [-0.2, -0.15) is 5.26 Å². The number of hydrogen-bond donors (Lipinski definition) is 1. The first-order valence-electron chi connectivity index (χ1n) is 12.5. The van der Waals surface area contributed by atoms with Crippen LogP contribution in [0.5, 0.6) is 5.75 Å². The molecular formula is C31H27FIN3O2. The smallest absolute Gasteiger partial charge is 0.161 e. The van der Waals surface area contributed by atoms with Gasteiger partial charge in [-0.3, -0.25) is 9.69 Å². The summed E-state index contributed by atoms with van der Waals surface area (Å²) in [5.74, 6) is 0.103. The Kier molecular flexibility index (Phi) is 7.26. The Labute approximate surface area is 235 Å². The van der Waals surface area contributed by atoms with Crippen molar-refractivity contribution in [1.29, 1.82) is 5.26 Å². The third-order valence-corrected chi connectivity index (χ3v) is 7.96. The molecule has 0 saturated carbocycles. The van der Waals surface area contributed by atoms with Crippen molar-refractivity contribution >= 4 is 34.1 Å². The normalized spacial score (nSPS) is 17.4. The number of Topliss-reactive ketones (excluding diaryl/α,β-unsaturated/α-hetero) is 1. The number of hydrogen-bond acceptors (Lipinski definition) is 5. The molecule has 1 aliphatic carbocycles. The Balaban J connectivity index is 1.61. The van der Waals surface area contributed by atoms with Gasteiger partial charge in [0, 0.05) is 26.9 Å². The maximum absolute atomic E-state index is 13.5. The van der Waals surface area contributed by atoms with Gasteiger partial charge in [0.05, 0.1) is 17.6 Å². The minimum Gasteiger partial charge on any atom is -0.489 e. The minimum atomic E-state index is -0.548. The molecule has 2 aliphatic rings. The molecule has 5 nitrogen and oxygen atoms in total. The second-order valence-electron chi connectivity index (χ2n) is 9.67. The van der Waals surface area contributed by atoms with Crippen LogP contribution in [0.1, 0.15) is 47.4 Å². The van der Waals surface area contributed by atoms with E-state index in [1.54, 1.807) is 12.1 Å². The van der Waals surface area contributed by atoms with Gasteiger partial charge in [0.15, 0.2) is 5.78 Å². The molecule has 0 amide bonds. The molecule has 1 heterocycles. The fraction of sp³-hybridized carbons (Fsp3) is 0.226. The molecule has 3 aromatic carbocycles. The van der Waals surface area contributed by atoms with Crippen molar-refractivity contribution in [3.8, 4) is 11.8 Å². The number of rotatable bonds is 5. The molecule has 38 heavy (non-hydrogen) atoms. The van der Waals surface area contributed by atoms with Crippen LogP contribution in [-0.4, -0.2) is 5.78 Å². The first-order chi connectivity index (χ1) is 18.3. The molecule has 0 spiro atoms. The number of carbonyl (C=O) groups excluding carboxylic acids is 1. The largest absolute Gasteiger partial charge is 0.489 e. The van der Waals surface area contributed by atoms with E-state index in [1.807, 2.05) is 49.1 Å². The monoisotopic (exact) mass is 619 g/mol. The summed E-state index contributed by atoms with van der Waals surface area (Å²) in [4.78, 5) is 15.4. The van der Waals surface area contributed by atoms with Crippen molar-refractivity contribution in [2.24, 2.45) is 5.73 Å². The van der Waals surface area contributed by atoms with Gasteiger partial charge in [-0.15, -0.1) is 0 Å². The average molecular weight is 619 g/mol. The number of allylic oxidation sites excluding steroid dienone is 3. The van der Waals surface area contributed by atoms with Gasteiger partial charge in [0.2, 0.25) is 0 Å². The molecule has 3 aromatic rings. The average Bonchev–Trinajstić information content (AvgIpc) is 2.90. The van der Waals surface area contributed by atoms with Crippen LogP contribution in [0.3, 0.4) is 0 Å². The van der Waals surface area contributed by atoms with E-state index >= 15 is 0 Å². The van der Waals surface area contributed by atoms with Crippen molar-refractivity contribution < 1.29 is 13.9 Å². The lowest BCUT2D eigenvalue weighted by Crippen LogP contribution is -2.39. The van der Waals surface area contributed by atoms with Crippen LogP contribution in [0.25, 0.3) is 0 Å². The quantitative estimate of drug-likeness (QED) is 0.314. The van der Waals surface area contributed by atoms with Crippen molar-refractivity contribution in [2.75, 3.05) is 4.90 Å². The van der Waals surface area contributed by atoms with Gasteiger partial charge in [-0.1, -0.05) is 12.1 Å². The number of halogens is 2. The SMILES string of the molecule is Cc1cc(C)c(C2C(C#N)=C(N)N(c3ccc(I)cc3)C3=C2C(=O)CCC3)cc1COc1ccc(F)cc1. The van der Waals surface area contributed by atoms with E-state index in [4.69, 9.17) is 10.5 Å². The first kappa shape index (κ1) is 26.0. The molecule has 0 fully saturated rings. The van der Waals surface area contributed by atoms with Crippen LogP contribution in [0.4, 0.5) is 10.1 Å². The van der Waals surface area contributed by atoms with Gasteiger partial charge in [0.1, 0.15) is 24.0 Å². The highest BCUT2D eigenvalue weighted by atomic mass is 127. The van der Waals surface area contributed by atoms with E-state index in [1.165, 1.54) is 12.1 Å². The van der Waals surface area contributed by atoms with E-state index in [-0.39, 0.29) is 18.2 Å². The Hall–Kier alpha value is -3.64. The van der Waals surface area contributed by atoms with Crippen LogP contribution in [-0.2, 0) is 11.4 Å². The summed E-state index contributed by atoms with van der Waals surface area (Å²) in [5.41, 5.74) is 13.3. The van der Waals surface area contributed by atoms with Crippen molar-refractivity contribution in [3.63, 3.8) is 0 Å². The highest BCUT2D eigenvalue weighted by Gasteiger charge is 2.41. The van der Waals surface area contributed by atoms with Crippen LogP contribution < -0.4 is 15.4 Å². The minimum absolute atomic E-state index is 0.0519. The zero-order valence-electron chi connectivity index (χ0n) is 21.2. The molecule has 192 valence electrons. The Morgan fingerprint density at radius 3 is 2.47 bits per heavy atom. The zero-order valence-corrected chi connectivity index (χ0v) is 23.4. The highest BCUT2D eigenvalue weighted by molar-refractivity contribution is 14.1. The lowest BCUT2D eigenvalue weighted by atomic mass is 9.74. The highest BCUT2D eigenvalue weighted by Crippen LogP contribution is 2.47. The lowest BCUT2D eigenvalue weighted by molar-refractivity contribution is -0.116. The summed E-state index contributed by atoms with van der Waals surface area (Å²) in [6.07, 6.45) is 1.89. The number of ketones is 1. The summed E-state index contributed by atoms with van der Waals surface area (Å²) < 4.78 is 20.3. The number of nitrogens with zero attached hydrogens (tertiary/aromatic N) is 2. The Morgan fingerprint density at radius 2 is 1.79 bits per heavy atom. The number of ether oxygens (including phenoxy) is 1. The molecule has 7 heteroatoms. The van der Waals surface area contributed by atoms with Crippen LogP contribution in [0, 0.1) is 34.6 Å². The number of aryl methyl sites for hydroxylation is 2. The molecular weight excluding hydrogens is 592 g/mol. The Bertz CT molecular complexity index is 1520. The van der Waals surface area contributed by atoms with Crippen molar-refractivity contribution in [3.05, 3.63) is 115 Å². The predicted molar refractivity (Wildman–Crippen MR) is 154 cm³/mol. The molecule has 1 aliphatic heterocycles. The first-order valence-corrected chi connectivity index (χ1v) is 13.6. The van der Waals surface area contributed by atoms with Crippen LogP contribution >= 0.6 is 22.6 Å². The lowest BCUT2D eigenvalue weighted by Gasteiger charge is -2.40. The van der Waals surface area contributed by atoms with Crippen molar-refractivity contribution in [2.45, 2.75) is 45.6 Å². The third kappa shape index (κ3) is 4.81. The fourth-order valence-electron chi connectivity index (χ4n) is 5.36. The molecule has 1 atom stereocenters. The molecule has 0 bridgehead atoms. The standard InChI is InChI=1S/C31H27FIN3O2/c1-18-14-19(2)25(15-20(18)17-38-24-12-6-21(32)7-13-24)29-26(16-34)31(35)36(23-10-8-22(33)9-11-23)27-4-3-5-28(37)30(27)29/h6-15,29H,3-5,17,35H2,1-2H3. The molecule has 1 unspecified atom stereocenters. The number of nitriles is 1. The molecule has 0 aromatic heterocycles. The maximum Gasteiger partial charge on any atom is 0.161 e. The van der Waals surface area contributed by atoms with Crippen LogP contribution in [0.2, 0.25) is 0 Å². The molecule has 5 rings (SSSR count). The summed E-state index contributed by atoms with van der Waals surface area (Å²) in [7, 11) is 0. The molecule has 0 radical (unpaired) electrons. The molecule has 2 N–H and O–H groups in total. The van der Waals surface area contributed by atoms with Crippen molar-refractivity contribution in [1.82, 2.24) is 0 Å². The van der Waals surface area contributed by atoms with E-state index < -0.39 is 5.92 Å². The predicted octanol–water partition coefficient (Wildman–Crippen LogP) is 6.93. The number of nitrogens with two attached hydrogens (primary N) is 1.